The SMILES string of the molecule is CCOc1c(I)cc(/C=C(/C#N)C(=O)Nc2ccc(I)cc2)cc1OC. The summed E-state index contributed by atoms with van der Waals surface area (Å²) in [5.74, 6) is 0.742. The van der Waals surface area contributed by atoms with Crippen LogP contribution in [0.5, 0.6) is 11.5 Å². The first-order chi connectivity index (χ1) is 12.5. The van der Waals surface area contributed by atoms with E-state index in [0.717, 1.165) is 7.14 Å². The monoisotopic (exact) mass is 574 g/mol. The van der Waals surface area contributed by atoms with Crippen molar-refractivity contribution >= 4 is 62.9 Å². The van der Waals surface area contributed by atoms with Gasteiger partial charge in [0, 0.05) is 9.26 Å². The molecule has 2 aromatic rings. The van der Waals surface area contributed by atoms with Crippen LogP contribution in [0.15, 0.2) is 42.0 Å². The fraction of sp³-hybridized carbons (Fsp3) is 0.158. The molecule has 0 bridgehead atoms. The van der Waals surface area contributed by atoms with Gasteiger partial charge in [0.15, 0.2) is 11.5 Å². The molecule has 0 fully saturated rings. The number of benzene rings is 2. The highest BCUT2D eigenvalue weighted by atomic mass is 127. The first-order valence-corrected chi connectivity index (χ1v) is 9.83. The maximum atomic E-state index is 12.4. The summed E-state index contributed by atoms with van der Waals surface area (Å²) in [5.41, 5.74) is 1.32. The maximum Gasteiger partial charge on any atom is 0.266 e. The normalized spacial score (nSPS) is 10.8. The first-order valence-electron chi connectivity index (χ1n) is 7.67. The summed E-state index contributed by atoms with van der Waals surface area (Å²) in [7, 11) is 1.55. The molecule has 0 aliphatic heterocycles. The van der Waals surface area contributed by atoms with E-state index in [1.807, 2.05) is 31.2 Å². The van der Waals surface area contributed by atoms with E-state index in [-0.39, 0.29) is 5.57 Å². The molecule has 0 atom stereocenters. The van der Waals surface area contributed by atoms with Crippen molar-refractivity contribution in [1.82, 2.24) is 0 Å². The topological polar surface area (TPSA) is 71.3 Å². The number of nitrogens with one attached hydrogen (secondary N) is 1. The molecule has 0 radical (unpaired) electrons. The number of nitrogens with zero attached hydrogens (tertiary/aromatic N) is 1. The molecule has 1 amide bonds. The number of methoxy groups -OCH3 is 1. The van der Waals surface area contributed by atoms with Crippen LogP contribution in [0.1, 0.15) is 12.5 Å². The highest BCUT2D eigenvalue weighted by Gasteiger charge is 2.13. The van der Waals surface area contributed by atoms with Gasteiger partial charge in [-0.3, -0.25) is 4.79 Å². The van der Waals surface area contributed by atoms with Gasteiger partial charge in [-0.2, -0.15) is 5.26 Å². The second-order valence-corrected chi connectivity index (χ2v) is 7.51. The lowest BCUT2D eigenvalue weighted by molar-refractivity contribution is -0.112. The molecule has 0 heterocycles. The van der Waals surface area contributed by atoms with Crippen LogP contribution < -0.4 is 14.8 Å². The quantitative estimate of drug-likeness (QED) is 0.305. The Labute approximate surface area is 179 Å². The van der Waals surface area contributed by atoms with Gasteiger partial charge >= 0.3 is 0 Å². The van der Waals surface area contributed by atoms with Gasteiger partial charge in [0.1, 0.15) is 11.6 Å². The van der Waals surface area contributed by atoms with Crippen LogP contribution in [-0.2, 0) is 4.79 Å². The lowest BCUT2D eigenvalue weighted by Gasteiger charge is -2.12. The summed E-state index contributed by atoms with van der Waals surface area (Å²) in [6, 6.07) is 12.9. The minimum absolute atomic E-state index is 0.00515. The Bertz CT molecular complexity index is 872. The van der Waals surface area contributed by atoms with Crippen LogP contribution in [0.4, 0.5) is 5.69 Å². The highest BCUT2D eigenvalue weighted by Crippen LogP contribution is 2.34. The summed E-state index contributed by atoms with van der Waals surface area (Å²) in [5, 5.41) is 12.1. The van der Waals surface area contributed by atoms with Gasteiger partial charge in [-0.25, -0.2) is 0 Å². The van der Waals surface area contributed by atoms with Gasteiger partial charge in [0.2, 0.25) is 0 Å². The zero-order chi connectivity index (χ0) is 19.1. The van der Waals surface area contributed by atoms with E-state index in [9.17, 15) is 10.1 Å². The third-order valence-corrected chi connectivity index (χ3v) is 4.84. The molecule has 1 N–H and O–H groups in total. The molecule has 0 saturated carbocycles. The largest absolute Gasteiger partial charge is 0.493 e. The number of amides is 1. The van der Waals surface area contributed by atoms with Crippen molar-refractivity contribution < 1.29 is 14.3 Å². The third-order valence-electron chi connectivity index (χ3n) is 3.32. The van der Waals surface area contributed by atoms with Crippen molar-refractivity contribution in [2.45, 2.75) is 6.92 Å². The van der Waals surface area contributed by atoms with E-state index in [1.54, 1.807) is 25.3 Å². The standard InChI is InChI=1S/C19H16I2N2O3/c1-3-26-18-16(21)9-12(10-17(18)25-2)8-13(11-22)19(24)23-15-6-4-14(20)5-7-15/h4-10H,3H2,1-2H3,(H,23,24)/b13-8-. The minimum Gasteiger partial charge on any atom is -0.493 e. The van der Waals surface area contributed by atoms with E-state index >= 15 is 0 Å². The zero-order valence-corrected chi connectivity index (χ0v) is 18.5. The van der Waals surface area contributed by atoms with Crippen LogP contribution >= 0.6 is 45.2 Å². The van der Waals surface area contributed by atoms with Crippen LogP contribution in [0.25, 0.3) is 6.08 Å². The summed E-state index contributed by atoms with van der Waals surface area (Å²) in [4.78, 5) is 12.4. The molecule has 134 valence electrons. The number of nitriles is 1. The molecule has 0 saturated heterocycles. The highest BCUT2D eigenvalue weighted by molar-refractivity contribution is 14.1. The Hall–Kier alpha value is -1.80. The molecule has 26 heavy (non-hydrogen) atoms. The first kappa shape index (κ1) is 20.5. The predicted octanol–water partition coefficient (Wildman–Crippen LogP) is 4.85. The molecule has 0 unspecified atom stereocenters. The smallest absolute Gasteiger partial charge is 0.266 e. The van der Waals surface area contributed by atoms with Crippen molar-refractivity contribution in [2.75, 3.05) is 19.0 Å². The van der Waals surface area contributed by atoms with Gasteiger partial charge in [-0.1, -0.05) is 0 Å². The van der Waals surface area contributed by atoms with Crippen molar-refractivity contribution in [3.05, 3.63) is 54.7 Å². The Morgan fingerprint density at radius 1 is 1.27 bits per heavy atom. The molecule has 7 heteroatoms. The van der Waals surface area contributed by atoms with Crippen LogP contribution in [0.2, 0.25) is 0 Å². The number of carbonyl (C=O) groups excluding carboxylic acids is 1. The van der Waals surface area contributed by atoms with Crippen molar-refractivity contribution in [3.63, 3.8) is 0 Å². The summed E-state index contributed by atoms with van der Waals surface area (Å²) in [6.07, 6.45) is 1.53. The lowest BCUT2D eigenvalue weighted by atomic mass is 10.1. The number of hydrogen-bond acceptors (Lipinski definition) is 4. The fourth-order valence-electron chi connectivity index (χ4n) is 2.15. The average Bonchev–Trinajstić information content (AvgIpc) is 2.63. The second-order valence-electron chi connectivity index (χ2n) is 5.10. The molecule has 2 aromatic carbocycles. The maximum absolute atomic E-state index is 12.4. The van der Waals surface area contributed by atoms with Gasteiger partial charge in [0.05, 0.1) is 17.3 Å². The number of rotatable bonds is 6. The number of hydrogen-bond donors (Lipinski definition) is 1. The second kappa shape index (κ2) is 9.78. The molecular formula is C19H16I2N2O3. The number of halogens is 2. The van der Waals surface area contributed by atoms with Gasteiger partial charge in [-0.05, 0) is 100 Å². The average molecular weight is 574 g/mol. The number of anilines is 1. The molecular weight excluding hydrogens is 558 g/mol. The van der Waals surface area contributed by atoms with E-state index in [1.165, 1.54) is 6.08 Å². The Balaban J connectivity index is 2.30. The number of carbonyl (C=O) groups is 1. The van der Waals surface area contributed by atoms with Gasteiger partial charge in [0.25, 0.3) is 5.91 Å². The molecule has 0 aliphatic carbocycles. The minimum atomic E-state index is -0.462. The third kappa shape index (κ3) is 5.35. The van der Waals surface area contributed by atoms with Gasteiger partial charge in [-0.15, -0.1) is 0 Å². The van der Waals surface area contributed by atoms with Crippen LogP contribution in [0, 0.1) is 18.5 Å². The molecule has 0 spiro atoms. The summed E-state index contributed by atoms with van der Waals surface area (Å²) < 4.78 is 12.8. The fourth-order valence-corrected chi connectivity index (χ4v) is 3.30. The summed E-state index contributed by atoms with van der Waals surface area (Å²) >= 11 is 4.32. The predicted molar refractivity (Wildman–Crippen MR) is 118 cm³/mol. The Morgan fingerprint density at radius 2 is 1.96 bits per heavy atom. The van der Waals surface area contributed by atoms with E-state index in [0.29, 0.717) is 29.4 Å². The van der Waals surface area contributed by atoms with E-state index in [2.05, 4.69) is 50.5 Å². The van der Waals surface area contributed by atoms with Gasteiger partial charge < -0.3 is 14.8 Å². The number of ether oxygens (including phenoxy) is 2. The summed E-state index contributed by atoms with van der Waals surface area (Å²) in [6.45, 7) is 2.41. The molecule has 0 aliphatic rings. The molecule has 5 nitrogen and oxygen atoms in total. The van der Waals surface area contributed by atoms with Crippen molar-refractivity contribution in [2.24, 2.45) is 0 Å². The van der Waals surface area contributed by atoms with E-state index in [4.69, 9.17) is 9.47 Å². The van der Waals surface area contributed by atoms with Crippen molar-refractivity contribution in [1.29, 1.82) is 5.26 Å². The van der Waals surface area contributed by atoms with Crippen LogP contribution in [-0.4, -0.2) is 19.6 Å². The van der Waals surface area contributed by atoms with Crippen LogP contribution in [0.3, 0.4) is 0 Å². The Morgan fingerprint density at radius 3 is 2.54 bits per heavy atom. The molecule has 0 aromatic heterocycles. The van der Waals surface area contributed by atoms with E-state index < -0.39 is 5.91 Å². The zero-order valence-electron chi connectivity index (χ0n) is 14.2. The van der Waals surface area contributed by atoms with Crippen molar-refractivity contribution in [3.8, 4) is 17.6 Å². The Kier molecular flexibility index (Phi) is 7.71. The lowest BCUT2D eigenvalue weighted by Crippen LogP contribution is -2.13. The molecule has 2 rings (SSSR count).